The van der Waals surface area contributed by atoms with E-state index in [1.54, 1.807) is 48.6 Å². The molecule has 1 aromatic carbocycles. The van der Waals surface area contributed by atoms with Gasteiger partial charge in [0.1, 0.15) is 11.5 Å². The van der Waals surface area contributed by atoms with Crippen molar-refractivity contribution in [3.8, 4) is 5.75 Å². The number of hydrogen-bond acceptors (Lipinski definition) is 5. The summed E-state index contributed by atoms with van der Waals surface area (Å²) in [6, 6.07) is 10.4. The van der Waals surface area contributed by atoms with Crippen molar-refractivity contribution in [1.82, 2.24) is 4.90 Å². The highest BCUT2D eigenvalue weighted by atomic mass is 16.5. The van der Waals surface area contributed by atoms with E-state index in [1.165, 1.54) is 6.92 Å². The fourth-order valence-electron chi connectivity index (χ4n) is 2.13. The van der Waals surface area contributed by atoms with Crippen LogP contribution in [0.4, 0.5) is 0 Å². The van der Waals surface area contributed by atoms with Gasteiger partial charge in [0.15, 0.2) is 12.4 Å². The van der Waals surface area contributed by atoms with Crippen LogP contribution in [0, 0.1) is 0 Å². The van der Waals surface area contributed by atoms with Crippen molar-refractivity contribution in [3.63, 3.8) is 0 Å². The van der Waals surface area contributed by atoms with Crippen molar-refractivity contribution in [2.45, 2.75) is 13.5 Å². The third-order valence-electron chi connectivity index (χ3n) is 3.45. The zero-order valence-electron chi connectivity index (χ0n) is 13.9. The molecule has 6 heteroatoms. The molecule has 1 aromatic heterocycles. The highest BCUT2D eigenvalue weighted by molar-refractivity contribution is 5.94. The third kappa shape index (κ3) is 5.24. The molecular formula is C18H21NO5. The third-order valence-corrected chi connectivity index (χ3v) is 3.45. The first kappa shape index (κ1) is 17.7. The number of methoxy groups -OCH3 is 1. The quantitative estimate of drug-likeness (QED) is 0.661. The summed E-state index contributed by atoms with van der Waals surface area (Å²) in [5, 5.41) is 0. The van der Waals surface area contributed by atoms with E-state index >= 15 is 0 Å². The Kier molecular flexibility index (Phi) is 6.57. The van der Waals surface area contributed by atoms with Crippen LogP contribution < -0.4 is 4.74 Å². The predicted molar refractivity (Wildman–Crippen MR) is 87.9 cm³/mol. The molecule has 1 amide bonds. The Labute approximate surface area is 141 Å². The SMILES string of the molecule is COCCN(Cc1ccco1)C(=O)COc1cccc(C(C)=O)c1. The number of benzene rings is 1. The molecule has 0 aliphatic rings. The Bertz CT molecular complexity index is 666. The van der Waals surface area contributed by atoms with Gasteiger partial charge in [0.2, 0.25) is 0 Å². The Morgan fingerprint density at radius 1 is 1.21 bits per heavy atom. The lowest BCUT2D eigenvalue weighted by Gasteiger charge is -2.21. The van der Waals surface area contributed by atoms with Gasteiger partial charge >= 0.3 is 0 Å². The maximum Gasteiger partial charge on any atom is 0.260 e. The monoisotopic (exact) mass is 331 g/mol. The standard InChI is InChI=1S/C18H21NO5/c1-14(20)15-5-3-6-16(11-15)24-13-18(21)19(8-10-22-2)12-17-7-4-9-23-17/h3-7,9,11H,8,10,12-13H2,1-2H3. The maximum absolute atomic E-state index is 12.4. The Balaban J connectivity index is 1.96. The number of nitrogens with zero attached hydrogens (tertiary/aromatic N) is 1. The van der Waals surface area contributed by atoms with Crippen LogP contribution in [0.3, 0.4) is 0 Å². The summed E-state index contributed by atoms with van der Waals surface area (Å²) < 4.78 is 15.9. The highest BCUT2D eigenvalue weighted by Crippen LogP contribution is 2.14. The van der Waals surface area contributed by atoms with E-state index in [0.717, 1.165) is 0 Å². The van der Waals surface area contributed by atoms with E-state index in [0.29, 0.717) is 36.8 Å². The summed E-state index contributed by atoms with van der Waals surface area (Å²) in [5.74, 6) is 0.946. The molecular weight excluding hydrogens is 310 g/mol. The van der Waals surface area contributed by atoms with Gasteiger partial charge in [-0.2, -0.15) is 0 Å². The number of rotatable bonds is 9. The first-order chi connectivity index (χ1) is 11.6. The summed E-state index contributed by atoms with van der Waals surface area (Å²) in [4.78, 5) is 25.4. The summed E-state index contributed by atoms with van der Waals surface area (Å²) >= 11 is 0. The number of ketones is 1. The second-order valence-corrected chi connectivity index (χ2v) is 5.26. The first-order valence-corrected chi connectivity index (χ1v) is 7.63. The molecule has 0 atom stereocenters. The van der Waals surface area contributed by atoms with Crippen molar-refractivity contribution in [2.75, 3.05) is 26.9 Å². The number of Topliss-reactive ketones (excluding diaryl/α,β-unsaturated/α-hetero) is 1. The zero-order valence-corrected chi connectivity index (χ0v) is 13.9. The van der Waals surface area contributed by atoms with E-state index in [-0.39, 0.29) is 18.3 Å². The lowest BCUT2D eigenvalue weighted by atomic mass is 10.1. The molecule has 128 valence electrons. The largest absolute Gasteiger partial charge is 0.484 e. The van der Waals surface area contributed by atoms with Crippen LogP contribution >= 0.6 is 0 Å². The van der Waals surface area contributed by atoms with Crippen LogP contribution in [0.5, 0.6) is 5.75 Å². The molecule has 24 heavy (non-hydrogen) atoms. The number of hydrogen-bond donors (Lipinski definition) is 0. The van der Waals surface area contributed by atoms with Gasteiger partial charge in [-0.3, -0.25) is 9.59 Å². The summed E-state index contributed by atoms with van der Waals surface area (Å²) in [5.41, 5.74) is 0.548. The van der Waals surface area contributed by atoms with Gasteiger partial charge in [0, 0.05) is 19.2 Å². The number of carbonyl (C=O) groups excluding carboxylic acids is 2. The normalized spacial score (nSPS) is 10.4. The van der Waals surface area contributed by atoms with E-state index in [2.05, 4.69) is 0 Å². The minimum Gasteiger partial charge on any atom is -0.484 e. The lowest BCUT2D eigenvalue weighted by Crippen LogP contribution is -2.36. The van der Waals surface area contributed by atoms with Crippen LogP contribution in [-0.2, 0) is 16.1 Å². The number of amides is 1. The average Bonchev–Trinajstić information content (AvgIpc) is 3.09. The van der Waals surface area contributed by atoms with Crippen molar-refractivity contribution in [3.05, 3.63) is 54.0 Å². The van der Waals surface area contributed by atoms with Gasteiger partial charge < -0.3 is 18.8 Å². The van der Waals surface area contributed by atoms with Crippen molar-refractivity contribution in [1.29, 1.82) is 0 Å². The molecule has 0 spiro atoms. The number of carbonyl (C=O) groups is 2. The average molecular weight is 331 g/mol. The highest BCUT2D eigenvalue weighted by Gasteiger charge is 2.16. The smallest absolute Gasteiger partial charge is 0.260 e. The zero-order chi connectivity index (χ0) is 17.4. The van der Waals surface area contributed by atoms with Crippen LogP contribution in [0.1, 0.15) is 23.0 Å². The minimum atomic E-state index is -0.184. The van der Waals surface area contributed by atoms with Gasteiger partial charge in [-0.1, -0.05) is 12.1 Å². The molecule has 0 aliphatic heterocycles. The van der Waals surface area contributed by atoms with Gasteiger partial charge in [-0.25, -0.2) is 0 Å². The molecule has 0 N–H and O–H groups in total. The molecule has 0 aliphatic carbocycles. The maximum atomic E-state index is 12.4. The summed E-state index contributed by atoms with van der Waals surface area (Å²) in [6.07, 6.45) is 1.57. The summed E-state index contributed by atoms with van der Waals surface area (Å²) in [6.45, 7) is 2.58. The Hall–Kier alpha value is -2.60. The summed E-state index contributed by atoms with van der Waals surface area (Å²) in [7, 11) is 1.58. The molecule has 0 unspecified atom stereocenters. The topological polar surface area (TPSA) is 69.0 Å². The Morgan fingerprint density at radius 2 is 2.04 bits per heavy atom. The van der Waals surface area contributed by atoms with E-state index < -0.39 is 0 Å². The van der Waals surface area contributed by atoms with Crippen molar-refractivity contribution >= 4 is 11.7 Å². The van der Waals surface area contributed by atoms with Gasteiger partial charge in [0.05, 0.1) is 19.4 Å². The first-order valence-electron chi connectivity index (χ1n) is 7.63. The fraction of sp³-hybridized carbons (Fsp3) is 0.333. The molecule has 0 bridgehead atoms. The molecule has 0 saturated heterocycles. The van der Waals surface area contributed by atoms with Crippen LogP contribution in [0.25, 0.3) is 0 Å². The lowest BCUT2D eigenvalue weighted by molar-refractivity contribution is -0.134. The molecule has 1 heterocycles. The molecule has 0 fully saturated rings. The molecule has 2 rings (SSSR count). The number of ether oxygens (including phenoxy) is 2. The fourth-order valence-corrected chi connectivity index (χ4v) is 2.13. The second-order valence-electron chi connectivity index (χ2n) is 5.26. The predicted octanol–water partition coefficient (Wildman–Crippen LogP) is 2.54. The van der Waals surface area contributed by atoms with E-state index in [4.69, 9.17) is 13.9 Å². The van der Waals surface area contributed by atoms with Gasteiger partial charge in [-0.05, 0) is 31.2 Å². The van der Waals surface area contributed by atoms with E-state index in [1.807, 2.05) is 6.07 Å². The van der Waals surface area contributed by atoms with Gasteiger partial charge in [0.25, 0.3) is 5.91 Å². The molecule has 0 saturated carbocycles. The van der Waals surface area contributed by atoms with Crippen molar-refractivity contribution in [2.24, 2.45) is 0 Å². The van der Waals surface area contributed by atoms with Crippen LogP contribution in [0.2, 0.25) is 0 Å². The van der Waals surface area contributed by atoms with E-state index in [9.17, 15) is 9.59 Å². The number of furan rings is 1. The van der Waals surface area contributed by atoms with Crippen LogP contribution in [-0.4, -0.2) is 43.5 Å². The van der Waals surface area contributed by atoms with Crippen molar-refractivity contribution < 1.29 is 23.5 Å². The molecule has 2 aromatic rings. The second kappa shape index (κ2) is 8.88. The van der Waals surface area contributed by atoms with Gasteiger partial charge in [-0.15, -0.1) is 0 Å². The Morgan fingerprint density at radius 3 is 2.71 bits per heavy atom. The molecule has 6 nitrogen and oxygen atoms in total. The minimum absolute atomic E-state index is 0.0497. The van der Waals surface area contributed by atoms with Crippen LogP contribution in [0.15, 0.2) is 47.1 Å². The molecule has 0 radical (unpaired) electrons.